The van der Waals surface area contributed by atoms with Crippen molar-refractivity contribution in [2.24, 2.45) is 5.18 Å². The molecule has 0 saturated carbocycles. The Morgan fingerprint density at radius 1 is 1.32 bits per heavy atom. The van der Waals surface area contributed by atoms with Crippen molar-refractivity contribution >= 4 is 11.6 Å². The fraction of sp³-hybridized carbons (Fsp3) is 0.500. The van der Waals surface area contributed by atoms with Crippen molar-refractivity contribution in [2.45, 2.75) is 45.4 Å². The second kappa shape index (κ2) is 3.87. The maximum atomic E-state index is 11.7. The Bertz CT molecular complexity index is 575. The molecule has 0 saturated heterocycles. The number of amides is 1. The van der Waals surface area contributed by atoms with Gasteiger partial charge in [-0.15, -0.1) is 4.91 Å². The third-order valence-electron chi connectivity index (χ3n) is 4.00. The zero-order valence-electron chi connectivity index (χ0n) is 11.4. The van der Waals surface area contributed by atoms with Crippen LogP contribution in [0.5, 0.6) is 0 Å². The zero-order chi connectivity index (χ0) is 13.8. The lowest BCUT2D eigenvalue weighted by Crippen LogP contribution is -2.36. The Kier molecular flexibility index (Phi) is 2.50. The van der Waals surface area contributed by atoms with Crippen LogP contribution >= 0.6 is 0 Å². The minimum Gasteiger partial charge on any atom is -0.323 e. The monoisotopic (exact) mass is 259 g/mol. The summed E-state index contributed by atoms with van der Waals surface area (Å²) < 4.78 is 0. The number of carbonyl (C=O) groups is 1. The SMILES string of the molecule is CC(C)(C)N1Cc2ccc3c(c2C1)NC(=O)C3N=O. The first-order chi connectivity index (χ1) is 8.91. The molecule has 1 unspecified atom stereocenters. The highest BCUT2D eigenvalue weighted by Gasteiger charge is 2.37. The number of nitroso groups, excluding NO2 is 1. The molecule has 2 aliphatic rings. The molecular formula is C14H17N3O2. The van der Waals surface area contributed by atoms with Gasteiger partial charge in [-0.25, -0.2) is 0 Å². The molecule has 0 fully saturated rings. The van der Waals surface area contributed by atoms with Gasteiger partial charge < -0.3 is 5.32 Å². The second-order valence-electron chi connectivity index (χ2n) is 6.19. The summed E-state index contributed by atoms with van der Waals surface area (Å²) in [6.45, 7) is 8.20. The average Bonchev–Trinajstić information content (AvgIpc) is 2.87. The summed E-state index contributed by atoms with van der Waals surface area (Å²) >= 11 is 0. The van der Waals surface area contributed by atoms with E-state index in [0.717, 1.165) is 29.9 Å². The van der Waals surface area contributed by atoms with Gasteiger partial charge in [-0.05, 0) is 31.9 Å². The van der Waals surface area contributed by atoms with Crippen LogP contribution in [-0.4, -0.2) is 16.3 Å². The Morgan fingerprint density at radius 3 is 2.68 bits per heavy atom. The summed E-state index contributed by atoms with van der Waals surface area (Å²) in [5.41, 5.74) is 3.96. The van der Waals surface area contributed by atoms with Gasteiger partial charge in [0.2, 0.25) is 0 Å². The molecule has 1 atom stereocenters. The lowest BCUT2D eigenvalue weighted by molar-refractivity contribution is -0.116. The maximum absolute atomic E-state index is 11.7. The van der Waals surface area contributed by atoms with Gasteiger partial charge in [0.15, 0.2) is 6.04 Å². The molecule has 2 heterocycles. The van der Waals surface area contributed by atoms with Crippen molar-refractivity contribution in [2.75, 3.05) is 5.32 Å². The van der Waals surface area contributed by atoms with Gasteiger partial charge in [0, 0.05) is 24.2 Å². The van der Waals surface area contributed by atoms with Crippen LogP contribution < -0.4 is 5.32 Å². The number of hydrogen-bond acceptors (Lipinski definition) is 4. The molecule has 0 aliphatic carbocycles. The van der Waals surface area contributed by atoms with Crippen LogP contribution in [0.15, 0.2) is 17.3 Å². The lowest BCUT2D eigenvalue weighted by atomic mass is 10.0. The Labute approximate surface area is 112 Å². The van der Waals surface area contributed by atoms with Crippen LogP contribution in [0, 0.1) is 4.91 Å². The standard InChI is InChI=1S/C14H17N3O2/c1-14(2,3)17-6-8-4-5-9-11(10(8)7-17)15-13(18)12(9)16-19/h4-5,12H,6-7H2,1-3H3,(H,15,18). The van der Waals surface area contributed by atoms with E-state index in [-0.39, 0.29) is 11.4 Å². The van der Waals surface area contributed by atoms with E-state index >= 15 is 0 Å². The number of nitrogens with one attached hydrogen (secondary N) is 1. The summed E-state index contributed by atoms with van der Waals surface area (Å²) in [7, 11) is 0. The van der Waals surface area contributed by atoms with E-state index < -0.39 is 6.04 Å². The molecule has 0 radical (unpaired) electrons. The Hall–Kier alpha value is -1.75. The van der Waals surface area contributed by atoms with E-state index in [4.69, 9.17) is 0 Å². The van der Waals surface area contributed by atoms with E-state index in [1.165, 1.54) is 5.56 Å². The van der Waals surface area contributed by atoms with Gasteiger partial charge in [-0.1, -0.05) is 17.3 Å². The largest absolute Gasteiger partial charge is 0.323 e. The van der Waals surface area contributed by atoms with Crippen LogP contribution in [0.25, 0.3) is 0 Å². The van der Waals surface area contributed by atoms with Gasteiger partial charge in [0.1, 0.15) is 0 Å². The summed E-state index contributed by atoms with van der Waals surface area (Å²) in [4.78, 5) is 24.9. The van der Waals surface area contributed by atoms with Gasteiger partial charge in [-0.3, -0.25) is 9.69 Å². The maximum Gasteiger partial charge on any atom is 0.257 e. The highest BCUT2D eigenvalue weighted by atomic mass is 16.3. The van der Waals surface area contributed by atoms with E-state index in [0.29, 0.717) is 0 Å². The third-order valence-corrected chi connectivity index (χ3v) is 4.00. The van der Waals surface area contributed by atoms with Crippen molar-refractivity contribution in [1.82, 2.24) is 4.90 Å². The van der Waals surface area contributed by atoms with Crippen molar-refractivity contribution in [3.63, 3.8) is 0 Å². The van der Waals surface area contributed by atoms with Crippen LogP contribution in [0.4, 0.5) is 5.69 Å². The minimum absolute atomic E-state index is 0.0802. The van der Waals surface area contributed by atoms with Crippen LogP contribution in [0.1, 0.15) is 43.5 Å². The molecule has 100 valence electrons. The average molecular weight is 259 g/mol. The molecule has 1 aromatic carbocycles. The van der Waals surface area contributed by atoms with Crippen molar-refractivity contribution in [1.29, 1.82) is 0 Å². The Morgan fingerprint density at radius 2 is 2.05 bits per heavy atom. The van der Waals surface area contributed by atoms with E-state index in [9.17, 15) is 9.70 Å². The number of benzene rings is 1. The highest BCUT2D eigenvalue weighted by molar-refractivity contribution is 6.03. The topological polar surface area (TPSA) is 61.8 Å². The molecule has 3 rings (SSSR count). The van der Waals surface area contributed by atoms with Gasteiger partial charge in [0.25, 0.3) is 5.91 Å². The van der Waals surface area contributed by atoms with Gasteiger partial charge >= 0.3 is 0 Å². The second-order valence-corrected chi connectivity index (χ2v) is 6.19. The first-order valence-corrected chi connectivity index (χ1v) is 6.45. The number of rotatable bonds is 1. The summed E-state index contributed by atoms with van der Waals surface area (Å²) in [5.74, 6) is -0.312. The fourth-order valence-electron chi connectivity index (χ4n) is 2.78. The minimum atomic E-state index is -0.885. The van der Waals surface area contributed by atoms with Crippen LogP contribution in [0.2, 0.25) is 0 Å². The van der Waals surface area contributed by atoms with Crippen LogP contribution in [-0.2, 0) is 17.9 Å². The molecule has 5 heteroatoms. The quantitative estimate of drug-likeness (QED) is 0.788. The normalized spacial score (nSPS) is 22.1. The van der Waals surface area contributed by atoms with Crippen LogP contribution in [0.3, 0.4) is 0 Å². The smallest absolute Gasteiger partial charge is 0.257 e. The highest BCUT2D eigenvalue weighted by Crippen LogP contribution is 2.42. The number of fused-ring (bicyclic) bond motifs is 3. The predicted molar refractivity (Wildman–Crippen MR) is 72.6 cm³/mol. The zero-order valence-corrected chi connectivity index (χ0v) is 11.4. The lowest BCUT2D eigenvalue weighted by Gasteiger charge is -2.31. The molecule has 0 spiro atoms. The summed E-state index contributed by atoms with van der Waals surface area (Å²) in [6.07, 6.45) is 0. The molecule has 1 amide bonds. The summed E-state index contributed by atoms with van der Waals surface area (Å²) in [5, 5.41) is 5.74. The molecule has 19 heavy (non-hydrogen) atoms. The molecule has 5 nitrogen and oxygen atoms in total. The van der Waals surface area contributed by atoms with Crippen molar-refractivity contribution in [3.8, 4) is 0 Å². The fourth-order valence-corrected chi connectivity index (χ4v) is 2.78. The molecule has 1 aromatic rings. The molecule has 0 bridgehead atoms. The molecular weight excluding hydrogens is 242 g/mol. The molecule has 0 aromatic heterocycles. The third kappa shape index (κ3) is 1.76. The number of anilines is 1. The van der Waals surface area contributed by atoms with Crippen molar-refractivity contribution < 1.29 is 4.79 Å². The van der Waals surface area contributed by atoms with E-state index in [1.807, 2.05) is 12.1 Å². The first-order valence-electron chi connectivity index (χ1n) is 6.45. The predicted octanol–water partition coefficient (Wildman–Crippen LogP) is 2.56. The number of nitrogens with zero attached hydrogens (tertiary/aromatic N) is 2. The Balaban J connectivity index is 2.03. The van der Waals surface area contributed by atoms with E-state index in [2.05, 4.69) is 36.2 Å². The number of hydrogen-bond donors (Lipinski definition) is 1. The number of carbonyl (C=O) groups excluding carboxylic acids is 1. The molecule has 1 N–H and O–H groups in total. The first kappa shape index (κ1) is 12.3. The molecule has 2 aliphatic heterocycles. The summed E-state index contributed by atoms with van der Waals surface area (Å²) in [6, 6.07) is 2.98. The van der Waals surface area contributed by atoms with E-state index in [1.54, 1.807) is 0 Å². The van der Waals surface area contributed by atoms with Gasteiger partial charge in [-0.2, -0.15) is 0 Å². The van der Waals surface area contributed by atoms with Gasteiger partial charge in [0.05, 0.1) is 5.69 Å². The van der Waals surface area contributed by atoms with Crippen molar-refractivity contribution in [3.05, 3.63) is 33.7 Å².